The van der Waals surface area contributed by atoms with Crippen LogP contribution in [0, 0.1) is 10.1 Å². The third-order valence-electron chi connectivity index (χ3n) is 2.88. The maximum Gasteiger partial charge on any atom is 0.409 e. The van der Waals surface area contributed by atoms with Gasteiger partial charge in [-0.2, -0.15) is 0 Å². The third kappa shape index (κ3) is 2.06. The fraction of sp³-hybridized carbons (Fsp3) is 0.364. The van der Waals surface area contributed by atoms with Gasteiger partial charge in [0.25, 0.3) is 5.69 Å². The van der Waals surface area contributed by atoms with Gasteiger partial charge in [-0.1, -0.05) is 12.1 Å². The number of fused-ring (bicyclic) bond motifs is 1. The predicted octanol–water partition coefficient (Wildman–Crippen LogP) is 1.72. The summed E-state index contributed by atoms with van der Waals surface area (Å²) in [6.07, 6.45) is 0.167. The molecule has 0 N–H and O–H groups in total. The smallest absolute Gasteiger partial charge is 0.409 e. The summed E-state index contributed by atoms with van der Waals surface area (Å²) in [5.74, 6) is 0. The van der Waals surface area contributed by atoms with E-state index in [1.807, 2.05) is 6.07 Å². The van der Waals surface area contributed by atoms with Crippen LogP contribution < -0.4 is 0 Å². The number of hydrogen-bond acceptors (Lipinski definition) is 4. The summed E-state index contributed by atoms with van der Waals surface area (Å²) in [5.41, 5.74) is 1.60. The fourth-order valence-electron chi connectivity index (χ4n) is 2.02. The van der Waals surface area contributed by atoms with Gasteiger partial charge in [0.15, 0.2) is 0 Å². The van der Waals surface area contributed by atoms with Gasteiger partial charge in [-0.15, -0.1) is 0 Å². The number of methoxy groups -OCH3 is 1. The van der Waals surface area contributed by atoms with Crippen LogP contribution in [0.25, 0.3) is 0 Å². The lowest BCUT2D eigenvalue weighted by Gasteiger charge is -2.27. The van der Waals surface area contributed by atoms with Crippen molar-refractivity contribution in [1.82, 2.24) is 4.90 Å². The van der Waals surface area contributed by atoms with Gasteiger partial charge in [-0.25, -0.2) is 4.79 Å². The number of ether oxygens (including phenoxy) is 1. The SMILES string of the molecule is COC(=O)N1CCc2cccc([N+](=O)[O-])c2C1. The Kier molecular flexibility index (Phi) is 2.95. The average molecular weight is 236 g/mol. The molecule has 0 saturated carbocycles. The van der Waals surface area contributed by atoms with Crippen molar-refractivity contribution in [3.8, 4) is 0 Å². The van der Waals surface area contributed by atoms with Crippen molar-refractivity contribution in [1.29, 1.82) is 0 Å². The van der Waals surface area contributed by atoms with Gasteiger partial charge < -0.3 is 9.64 Å². The largest absolute Gasteiger partial charge is 0.453 e. The molecule has 90 valence electrons. The minimum atomic E-state index is -0.450. The van der Waals surface area contributed by atoms with Gasteiger partial charge in [0.05, 0.1) is 24.1 Å². The normalized spacial score (nSPS) is 14.1. The highest BCUT2D eigenvalue weighted by molar-refractivity contribution is 5.68. The second kappa shape index (κ2) is 4.40. The molecule has 0 bridgehead atoms. The Morgan fingerprint density at radius 3 is 2.94 bits per heavy atom. The molecule has 0 spiro atoms. The number of benzene rings is 1. The van der Waals surface area contributed by atoms with Crippen molar-refractivity contribution in [2.45, 2.75) is 13.0 Å². The first-order valence-electron chi connectivity index (χ1n) is 5.21. The Hall–Kier alpha value is -2.11. The second-order valence-electron chi connectivity index (χ2n) is 3.81. The quantitative estimate of drug-likeness (QED) is 0.549. The number of nitrogens with zero attached hydrogens (tertiary/aromatic N) is 2. The lowest BCUT2D eigenvalue weighted by molar-refractivity contribution is -0.385. The Labute approximate surface area is 97.9 Å². The summed E-state index contributed by atoms with van der Waals surface area (Å²) in [4.78, 5) is 23.3. The first kappa shape index (κ1) is 11.4. The Morgan fingerprint density at radius 2 is 2.29 bits per heavy atom. The number of rotatable bonds is 1. The first-order chi connectivity index (χ1) is 8.13. The number of amides is 1. The maximum atomic E-state index is 11.4. The van der Waals surface area contributed by atoms with Crippen LogP contribution in [0.5, 0.6) is 0 Å². The van der Waals surface area contributed by atoms with Crippen LogP contribution in [0.2, 0.25) is 0 Å². The van der Waals surface area contributed by atoms with Crippen molar-refractivity contribution in [3.63, 3.8) is 0 Å². The van der Waals surface area contributed by atoms with Gasteiger partial charge >= 0.3 is 6.09 Å². The fourth-order valence-corrected chi connectivity index (χ4v) is 2.02. The zero-order chi connectivity index (χ0) is 12.4. The van der Waals surface area contributed by atoms with Crippen LogP contribution in [0.1, 0.15) is 11.1 Å². The van der Waals surface area contributed by atoms with E-state index in [0.29, 0.717) is 18.5 Å². The zero-order valence-corrected chi connectivity index (χ0v) is 9.38. The van der Waals surface area contributed by atoms with Gasteiger partial charge in [0, 0.05) is 12.6 Å². The Bertz CT molecular complexity index is 473. The monoisotopic (exact) mass is 236 g/mol. The molecular formula is C11H12N2O4. The number of carbonyl (C=O) groups is 1. The molecular weight excluding hydrogens is 224 g/mol. The van der Waals surface area contributed by atoms with Crippen molar-refractivity contribution < 1.29 is 14.5 Å². The second-order valence-corrected chi connectivity index (χ2v) is 3.81. The molecule has 0 radical (unpaired) electrons. The zero-order valence-electron chi connectivity index (χ0n) is 9.38. The van der Waals surface area contributed by atoms with E-state index in [0.717, 1.165) is 5.56 Å². The highest BCUT2D eigenvalue weighted by Gasteiger charge is 2.26. The summed E-state index contributed by atoms with van der Waals surface area (Å²) in [6, 6.07) is 4.99. The van der Waals surface area contributed by atoms with Crippen molar-refractivity contribution in [3.05, 3.63) is 39.4 Å². The first-order valence-corrected chi connectivity index (χ1v) is 5.21. The van der Waals surface area contributed by atoms with Gasteiger partial charge in [0.2, 0.25) is 0 Å². The standard InChI is InChI=1S/C11H12N2O4/c1-17-11(14)12-6-5-8-3-2-4-10(13(15)16)9(8)7-12/h2-4H,5-7H2,1H3. The van der Waals surface area contributed by atoms with Crippen molar-refractivity contribution in [2.75, 3.05) is 13.7 Å². The van der Waals surface area contributed by atoms with E-state index in [-0.39, 0.29) is 12.2 Å². The number of hydrogen-bond donors (Lipinski definition) is 0. The van der Waals surface area contributed by atoms with Crippen LogP contribution in [0.4, 0.5) is 10.5 Å². The summed E-state index contributed by atoms with van der Waals surface area (Å²) >= 11 is 0. The van der Waals surface area contributed by atoms with Crippen LogP contribution >= 0.6 is 0 Å². The minimum Gasteiger partial charge on any atom is -0.453 e. The number of nitro groups is 1. The lowest BCUT2D eigenvalue weighted by atomic mass is 9.98. The molecule has 0 aliphatic carbocycles. The molecule has 0 unspecified atom stereocenters. The lowest BCUT2D eigenvalue weighted by Crippen LogP contribution is -2.36. The molecule has 0 atom stereocenters. The minimum absolute atomic E-state index is 0.0658. The molecule has 1 aliphatic heterocycles. The van der Waals surface area contributed by atoms with Crippen LogP contribution in [0.15, 0.2) is 18.2 Å². The Balaban J connectivity index is 2.35. The molecule has 1 aromatic rings. The van der Waals surface area contributed by atoms with E-state index in [1.54, 1.807) is 6.07 Å². The van der Waals surface area contributed by atoms with E-state index in [9.17, 15) is 14.9 Å². The molecule has 0 aromatic heterocycles. The molecule has 6 heteroatoms. The van der Waals surface area contributed by atoms with Gasteiger partial charge in [-0.05, 0) is 12.0 Å². The predicted molar refractivity (Wildman–Crippen MR) is 59.6 cm³/mol. The van der Waals surface area contributed by atoms with E-state index < -0.39 is 11.0 Å². The molecule has 1 aliphatic rings. The van der Waals surface area contributed by atoms with E-state index >= 15 is 0 Å². The molecule has 17 heavy (non-hydrogen) atoms. The highest BCUT2D eigenvalue weighted by Crippen LogP contribution is 2.27. The number of carbonyl (C=O) groups excluding carboxylic acids is 1. The Morgan fingerprint density at radius 1 is 1.53 bits per heavy atom. The number of nitro benzene ring substituents is 1. The van der Waals surface area contributed by atoms with Gasteiger partial charge in [-0.3, -0.25) is 10.1 Å². The topological polar surface area (TPSA) is 72.7 Å². The molecule has 0 saturated heterocycles. The molecule has 1 amide bonds. The highest BCUT2D eigenvalue weighted by atomic mass is 16.6. The van der Waals surface area contributed by atoms with Crippen LogP contribution in [-0.2, 0) is 17.7 Å². The molecule has 6 nitrogen and oxygen atoms in total. The molecule has 0 fully saturated rings. The molecule has 1 heterocycles. The molecule has 1 aromatic carbocycles. The summed E-state index contributed by atoms with van der Waals surface area (Å²) in [7, 11) is 1.30. The summed E-state index contributed by atoms with van der Waals surface area (Å²) in [6.45, 7) is 0.764. The summed E-state index contributed by atoms with van der Waals surface area (Å²) < 4.78 is 4.62. The van der Waals surface area contributed by atoms with Gasteiger partial charge in [0.1, 0.15) is 0 Å². The average Bonchev–Trinajstić information content (AvgIpc) is 2.36. The van der Waals surface area contributed by atoms with E-state index in [1.165, 1.54) is 18.1 Å². The van der Waals surface area contributed by atoms with E-state index in [2.05, 4.69) is 4.74 Å². The van der Waals surface area contributed by atoms with Crippen molar-refractivity contribution in [2.24, 2.45) is 0 Å². The summed E-state index contributed by atoms with van der Waals surface area (Å²) in [5, 5.41) is 10.9. The van der Waals surface area contributed by atoms with E-state index in [4.69, 9.17) is 0 Å². The third-order valence-corrected chi connectivity index (χ3v) is 2.88. The van der Waals surface area contributed by atoms with Crippen molar-refractivity contribution >= 4 is 11.8 Å². The van der Waals surface area contributed by atoms with Crippen LogP contribution in [-0.4, -0.2) is 29.6 Å². The van der Waals surface area contributed by atoms with Crippen LogP contribution in [0.3, 0.4) is 0 Å². The maximum absolute atomic E-state index is 11.4. The molecule has 2 rings (SSSR count).